The van der Waals surface area contributed by atoms with Gasteiger partial charge in [-0.15, -0.1) is 0 Å². The molecule has 2 aromatic rings. The van der Waals surface area contributed by atoms with E-state index in [-0.39, 0.29) is 17.9 Å². The molecule has 2 saturated heterocycles. The third-order valence-electron chi connectivity index (χ3n) is 6.35. The number of amides is 2. The van der Waals surface area contributed by atoms with Crippen LogP contribution in [0.15, 0.2) is 41.0 Å². The van der Waals surface area contributed by atoms with Crippen LogP contribution in [0, 0.1) is 0 Å². The smallest absolute Gasteiger partial charge is 0.289 e. The Hall–Kier alpha value is -3.00. The van der Waals surface area contributed by atoms with Gasteiger partial charge in [-0.2, -0.15) is 0 Å². The van der Waals surface area contributed by atoms with Gasteiger partial charge in [-0.05, 0) is 30.3 Å². The summed E-state index contributed by atoms with van der Waals surface area (Å²) in [4.78, 5) is 29.2. The van der Waals surface area contributed by atoms with Crippen molar-refractivity contribution in [2.24, 2.45) is 0 Å². The summed E-state index contributed by atoms with van der Waals surface area (Å²) >= 11 is 0. The number of carbonyl (C=O) groups excluding carboxylic acids is 2. The van der Waals surface area contributed by atoms with Crippen molar-refractivity contribution in [3.63, 3.8) is 0 Å². The number of methoxy groups -OCH3 is 1. The van der Waals surface area contributed by atoms with Crippen molar-refractivity contribution >= 4 is 11.8 Å². The molecule has 4 rings (SSSR count). The van der Waals surface area contributed by atoms with E-state index in [1.54, 1.807) is 26.2 Å². The number of likely N-dealkylation sites (tertiary alicyclic amines) is 1. The van der Waals surface area contributed by atoms with Gasteiger partial charge in [0.2, 0.25) is 5.91 Å². The Balaban J connectivity index is 1.33. The Labute approximate surface area is 188 Å². The molecule has 0 spiro atoms. The number of furan rings is 1. The minimum absolute atomic E-state index is 0.0336. The molecule has 1 aromatic carbocycles. The number of hydrogen-bond donors (Lipinski definition) is 1. The van der Waals surface area contributed by atoms with Gasteiger partial charge < -0.3 is 28.6 Å². The second kappa shape index (κ2) is 10.1. The molecule has 2 aliphatic heterocycles. The van der Waals surface area contributed by atoms with E-state index in [0.29, 0.717) is 18.8 Å². The van der Waals surface area contributed by atoms with Crippen molar-refractivity contribution in [3.8, 4) is 11.5 Å². The molecule has 0 atom stereocenters. The quantitative estimate of drug-likeness (QED) is 0.728. The van der Waals surface area contributed by atoms with Crippen molar-refractivity contribution in [3.05, 3.63) is 47.9 Å². The zero-order valence-electron chi connectivity index (χ0n) is 18.8. The first-order valence-electron chi connectivity index (χ1n) is 11.3. The maximum Gasteiger partial charge on any atom is 0.289 e. The number of quaternary nitrogens is 1. The minimum Gasteiger partial charge on any atom is -0.493 e. The average Bonchev–Trinajstić information content (AvgIpc) is 3.35. The molecule has 0 bridgehead atoms. The number of nitrogens with one attached hydrogen (secondary N) is 1. The Morgan fingerprint density at radius 3 is 2.44 bits per heavy atom. The van der Waals surface area contributed by atoms with Gasteiger partial charge in [0.15, 0.2) is 17.3 Å². The number of rotatable bonds is 6. The van der Waals surface area contributed by atoms with Crippen LogP contribution in [-0.4, -0.2) is 74.1 Å². The first kappa shape index (κ1) is 22.2. The zero-order chi connectivity index (χ0) is 22.5. The predicted octanol–water partition coefficient (Wildman–Crippen LogP) is 1.22. The van der Waals surface area contributed by atoms with Crippen LogP contribution in [0.2, 0.25) is 0 Å². The Morgan fingerprint density at radius 1 is 1.06 bits per heavy atom. The van der Waals surface area contributed by atoms with Crippen LogP contribution in [0.3, 0.4) is 0 Å². The van der Waals surface area contributed by atoms with Crippen molar-refractivity contribution in [1.29, 1.82) is 0 Å². The van der Waals surface area contributed by atoms with E-state index in [1.807, 2.05) is 15.9 Å². The molecule has 32 heavy (non-hydrogen) atoms. The summed E-state index contributed by atoms with van der Waals surface area (Å²) in [6.45, 7) is 7.30. The number of ether oxygens (including phenoxy) is 2. The SMILES string of the molecule is COc1ccc(C[NH+]2CCN(C(C)=O)CC2)cc1OC1CCN(C(=O)c2ccco2)CC1. The first-order valence-corrected chi connectivity index (χ1v) is 11.3. The second-order valence-corrected chi connectivity index (χ2v) is 8.50. The molecule has 1 aromatic heterocycles. The van der Waals surface area contributed by atoms with Gasteiger partial charge in [0.25, 0.3) is 5.91 Å². The lowest BCUT2D eigenvalue weighted by atomic mass is 10.1. The molecular formula is C24H32N3O5+. The summed E-state index contributed by atoms with van der Waals surface area (Å²) < 4.78 is 17.1. The summed E-state index contributed by atoms with van der Waals surface area (Å²) in [5.74, 6) is 1.94. The van der Waals surface area contributed by atoms with Crippen LogP contribution in [0.25, 0.3) is 0 Å². The van der Waals surface area contributed by atoms with Crippen LogP contribution in [0.4, 0.5) is 0 Å². The number of piperidine rings is 1. The van der Waals surface area contributed by atoms with Gasteiger partial charge in [-0.25, -0.2) is 0 Å². The van der Waals surface area contributed by atoms with Crippen LogP contribution >= 0.6 is 0 Å². The molecule has 2 amide bonds. The lowest BCUT2D eigenvalue weighted by Gasteiger charge is -2.32. The first-order chi connectivity index (χ1) is 15.5. The molecule has 8 heteroatoms. The number of hydrogen-bond acceptors (Lipinski definition) is 5. The Kier molecular flexibility index (Phi) is 6.99. The van der Waals surface area contributed by atoms with Gasteiger partial charge in [0.05, 0.1) is 39.6 Å². The topological polar surface area (TPSA) is 76.7 Å². The van der Waals surface area contributed by atoms with Gasteiger partial charge in [-0.3, -0.25) is 9.59 Å². The molecule has 2 fully saturated rings. The summed E-state index contributed by atoms with van der Waals surface area (Å²) in [5, 5.41) is 0. The minimum atomic E-state index is -0.0686. The molecule has 2 aliphatic rings. The standard InChI is InChI=1S/C24H31N3O5/c1-18(28)26-13-11-25(12-14-26)17-19-5-6-21(30-2)23(16-19)32-20-7-9-27(10-8-20)24(29)22-4-3-15-31-22/h3-6,15-16,20H,7-14,17H2,1-2H3/p+1. The predicted molar refractivity (Wildman–Crippen MR) is 118 cm³/mol. The van der Waals surface area contributed by atoms with Crippen molar-refractivity contribution in [2.75, 3.05) is 46.4 Å². The molecule has 0 unspecified atom stereocenters. The zero-order valence-corrected chi connectivity index (χ0v) is 18.8. The highest BCUT2D eigenvalue weighted by molar-refractivity contribution is 5.91. The molecular weight excluding hydrogens is 410 g/mol. The average molecular weight is 443 g/mol. The highest BCUT2D eigenvalue weighted by Gasteiger charge is 2.27. The molecule has 3 heterocycles. The molecule has 0 radical (unpaired) electrons. The van der Waals surface area contributed by atoms with E-state index >= 15 is 0 Å². The van der Waals surface area contributed by atoms with Crippen molar-refractivity contribution in [1.82, 2.24) is 9.80 Å². The number of carbonyl (C=O) groups is 2. The molecule has 172 valence electrons. The summed E-state index contributed by atoms with van der Waals surface area (Å²) in [5.41, 5.74) is 1.19. The highest BCUT2D eigenvalue weighted by Crippen LogP contribution is 2.31. The van der Waals surface area contributed by atoms with Gasteiger partial charge in [0, 0.05) is 38.4 Å². The maximum atomic E-state index is 12.5. The number of benzene rings is 1. The normalized spacial score (nSPS) is 17.9. The van der Waals surface area contributed by atoms with E-state index < -0.39 is 0 Å². The third kappa shape index (κ3) is 5.24. The Bertz CT molecular complexity index is 914. The van der Waals surface area contributed by atoms with Crippen LogP contribution in [0.5, 0.6) is 11.5 Å². The number of nitrogens with zero attached hydrogens (tertiary/aromatic N) is 2. The van der Waals surface area contributed by atoms with Gasteiger partial charge >= 0.3 is 0 Å². The second-order valence-electron chi connectivity index (χ2n) is 8.50. The molecule has 0 saturated carbocycles. The number of piperazine rings is 1. The van der Waals surface area contributed by atoms with Crippen molar-refractivity contribution in [2.45, 2.75) is 32.4 Å². The van der Waals surface area contributed by atoms with Crippen LogP contribution in [-0.2, 0) is 11.3 Å². The van der Waals surface area contributed by atoms with E-state index in [4.69, 9.17) is 13.9 Å². The summed E-state index contributed by atoms with van der Waals surface area (Å²) in [7, 11) is 1.65. The highest BCUT2D eigenvalue weighted by atomic mass is 16.5. The fourth-order valence-electron chi connectivity index (χ4n) is 4.44. The van der Waals surface area contributed by atoms with Gasteiger partial charge in [-0.1, -0.05) is 0 Å². The van der Waals surface area contributed by atoms with E-state index in [2.05, 4.69) is 12.1 Å². The monoisotopic (exact) mass is 442 g/mol. The van der Waals surface area contributed by atoms with E-state index in [9.17, 15) is 9.59 Å². The largest absolute Gasteiger partial charge is 0.493 e. The summed E-state index contributed by atoms with van der Waals surface area (Å²) in [6.07, 6.45) is 3.08. The molecule has 1 N–H and O–H groups in total. The Morgan fingerprint density at radius 2 is 1.81 bits per heavy atom. The van der Waals surface area contributed by atoms with Crippen LogP contribution < -0.4 is 14.4 Å². The van der Waals surface area contributed by atoms with E-state index in [0.717, 1.165) is 57.1 Å². The van der Waals surface area contributed by atoms with Gasteiger partial charge in [0.1, 0.15) is 12.6 Å². The third-order valence-corrected chi connectivity index (χ3v) is 6.35. The molecule has 8 nitrogen and oxygen atoms in total. The fourth-order valence-corrected chi connectivity index (χ4v) is 4.44. The lowest BCUT2D eigenvalue weighted by Crippen LogP contribution is -3.13. The van der Waals surface area contributed by atoms with Crippen LogP contribution in [0.1, 0.15) is 35.9 Å². The molecule has 0 aliphatic carbocycles. The summed E-state index contributed by atoms with van der Waals surface area (Å²) in [6, 6.07) is 9.55. The van der Waals surface area contributed by atoms with Crippen molar-refractivity contribution < 1.29 is 28.4 Å². The lowest BCUT2D eigenvalue weighted by molar-refractivity contribution is -0.917. The van der Waals surface area contributed by atoms with E-state index in [1.165, 1.54) is 16.7 Å². The maximum absolute atomic E-state index is 12.5. The fraction of sp³-hybridized carbons (Fsp3) is 0.500.